The van der Waals surface area contributed by atoms with E-state index >= 15 is 0 Å². The summed E-state index contributed by atoms with van der Waals surface area (Å²) in [5, 5.41) is 3.26. The molecule has 1 aromatic rings. The Morgan fingerprint density at radius 3 is 3.11 bits per heavy atom. The maximum atomic E-state index is 5.74. The van der Waals surface area contributed by atoms with Gasteiger partial charge in [0.25, 0.3) is 0 Å². The summed E-state index contributed by atoms with van der Waals surface area (Å²) in [7, 11) is 0. The molecule has 0 aromatic carbocycles. The number of nitrogens with zero attached hydrogens (tertiary/aromatic N) is 2. The second-order valence-corrected chi connectivity index (χ2v) is 5.00. The van der Waals surface area contributed by atoms with Gasteiger partial charge in [0.15, 0.2) is 0 Å². The Hall–Kier alpha value is -1.13. The summed E-state index contributed by atoms with van der Waals surface area (Å²) in [5.74, 6) is 0.971. The number of pyridine rings is 1. The molecule has 106 valence electrons. The van der Waals surface area contributed by atoms with E-state index in [1.807, 2.05) is 6.07 Å². The van der Waals surface area contributed by atoms with Crippen LogP contribution in [0.2, 0.25) is 0 Å². The Morgan fingerprint density at radius 2 is 2.32 bits per heavy atom. The molecule has 4 nitrogen and oxygen atoms in total. The smallest absolute Gasteiger partial charge is 0.126 e. The highest BCUT2D eigenvalue weighted by molar-refractivity contribution is 5.34. The number of likely N-dealkylation sites (tertiary alicyclic amines) is 1. The minimum absolute atomic E-state index is 0.399. The minimum Gasteiger partial charge on any atom is -0.377 e. The molecule has 0 aliphatic carbocycles. The highest BCUT2D eigenvalue weighted by Gasteiger charge is 2.20. The molecule has 0 saturated carbocycles. The van der Waals surface area contributed by atoms with Gasteiger partial charge in [-0.15, -0.1) is 0 Å². The van der Waals surface area contributed by atoms with Crippen molar-refractivity contribution in [3.8, 4) is 0 Å². The standard InChI is InChI=1S/C15H25N3O/c1-3-16-15-9-5-7-13(17-15)11-18-10-6-8-14(12-18)19-4-2/h5,7,9,14H,3-4,6,8,10-12H2,1-2H3,(H,16,17). The first-order valence-corrected chi connectivity index (χ1v) is 7.35. The Balaban J connectivity index is 1.90. The van der Waals surface area contributed by atoms with Crippen molar-refractivity contribution in [3.05, 3.63) is 23.9 Å². The van der Waals surface area contributed by atoms with Crippen molar-refractivity contribution < 1.29 is 4.74 Å². The van der Waals surface area contributed by atoms with Crippen molar-refractivity contribution in [2.45, 2.75) is 39.3 Å². The minimum atomic E-state index is 0.399. The average molecular weight is 263 g/mol. The Morgan fingerprint density at radius 1 is 1.42 bits per heavy atom. The quantitative estimate of drug-likeness (QED) is 0.856. The van der Waals surface area contributed by atoms with Crippen molar-refractivity contribution in [1.29, 1.82) is 0 Å². The van der Waals surface area contributed by atoms with Crippen LogP contribution in [0.25, 0.3) is 0 Å². The van der Waals surface area contributed by atoms with Crippen LogP contribution in [0.4, 0.5) is 5.82 Å². The van der Waals surface area contributed by atoms with Gasteiger partial charge in [-0.2, -0.15) is 0 Å². The van der Waals surface area contributed by atoms with Crippen LogP contribution in [-0.2, 0) is 11.3 Å². The predicted octanol–water partition coefficient (Wildman–Crippen LogP) is 2.51. The summed E-state index contributed by atoms with van der Waals surface area (Å²) < 4.78 is 5.74. The lowest BCUT2D eigenvalue weighted by molar-refractivity contribution is 0.00333. The molecule has 0 radical (unpaired) electrons. The molecule has 19 heavy (non-hydrogen) atoms. The van der Waals surface area contributed by atoms with Crippen LogP contribution >= 0.6 is 0 Å². The van der Waals surface area contributed by atoms with Gasteiger partial charge in [0.05, 0.1) is 11.8 Å². The number of hydrogen-bond donors (Lipinski definition) is 1. The summed E-state index contributed by atoms with van der Waals surface area (Å²) in [4.78, 5) is 7.08. The Labute approximate surface area is 116 Å². The van der Waals surface area contributed by atoms with Crippen LogP contribution in [0.5, 0.6) is 0 Å². The van der Waals surface area contributed by atoms with E-state index in [-0.39, 0.29) is 0 Å². The molecule has 1 fully saturated rings. The number of ether oxygens (including phenoxy) is 1. The van der Waals surface area contributed by atoms with Gasteiger partial charge in [0.1, 0.15) is 5.82 Å². The Kier molecular flexibility index (Phi) is 5.61. The molecule has 1 aliphatic heterocycles. The maximum Gasteiger partial charge on any atom is 0.126 e. The number of nitrogens with one attached hydrogen (secondary N) is 1. The molecule has 0 bridgehead atoms. The van der Waals surface area contributed by atoms with Crippen LogP contribution in [-0.4, -0.2) is 42.2 Å². The fourth-order valence-corrected chi connectivity index (χ4v) is 2.60. The summed E-state index contributed by atoms with van der Waals surface area (Å²) in [6.07, 6.45) is 2.81. The topological polar surface area (TPSA) is 37.4 Å². The molecular weight excluding hydrogens is 238 g/mol. The maximum absolute atomic E-state index is 5.74. The van der Waals surface area contributed by atoms with Gasteiger partial charge in [-0.1, -0.05) is 6.07 Å². The molecule has 0 amide bonds. The van der Waals surface area contributed by atoms with E-state index in [9.17, 15) is 0 Å². The fourth-order valence-electron chi connectivity index (χ4n) is 2.60. The lowest BCUT2D eigenvalue weighted by atomic mass is 10.1. The van der Waals surface area contributed by atoms with Crippen molar-refractivity contribution in [1.82, 2.24) is 9.88 Å². The third kappa shape index (κ3) is 4.48. The number of anilines is 1. The van der Waals surface area contributed by atoms with Gasteiger partial charge < -0.3 is 10.1 Å². The average Bonchev–Trinajstić information content (AvgIpc) is 2.40. The molecule has 4 heteroatoms. The van der Waals surface area contributed by atoms with Gasteiger partial charge in [-0.25, -0.2) is 4.98 Å². The second-order valence-electron chi connectivity index (χ2n) is 5.00. The Bertz CT molecular complexity index is 381. The second kappa shape index (κ2) is 7.46. The van der Waals surface area contributed by atoms with Crippen LogP contribution < -0.4 is 5.32 Å². The van der Waals surface area contributed by atoms with E-state index in [1.165, 1.54) is 12.8 Å². The van der Waals surface area contributed by atoms with E-state index in [4.69, 9.17) is 4.74 Å². The van der Waals surface area contributed by atoms with E-state index in [0.717, 1.165) is 44.3 Å². The van der Waals surface area contributed by atoms with Crippen molar-refractivity contribution in [2.75, 3.05) is 31.6 Å². The number of aromatic nitrogens is 1. The van der Waals surface area contributed by atoms with Gasteiger partial charge in [0.2, 0.25) is 0 Å². The van der Waals surface area contributed by atoms with E-state index < -0.39 is 0 Å². The first-order valence-electron chi connectivity index (χ1n) is 7.35. The zero-order valence-corrected chi connectivity index (χ0v) is 12.1. The molecule has 1 unspecified atom stereocenters. The molecule has 1 saturated heterocycles. The highest BCUT2D eigenvalue weighted by atomic mass is 16.5. The van der Waals surface area contributed by atoms with Crippen LogP contribution in [0.3, 0.4) is 0 Å². The summed E-state index contributed by atoms with van der Waals surface area (Å²) >= 11 is 0. The van der Waals surface area contributed by atoms with Crippen LogP contribution in [0.15, 0.2) is 18.2 Å². The number of rotatable bonds is 6. The van der Waals surface area contributed by atoms with Crippen molar-refractivity contribution in [2.24, 2.45) is 0 Å². The van der Waals surface area contributed by atoms with E-state index in [1.54, 1.807) is 0 Å². The van der Waals surface area contributed by atoms with Gasteiger partial charge in [-0.3, -0.25) is 4.90 Å². The molecule has 1 aromatic heterocycles. The van der Waals surface area contributed by atoms with E-state index in [0.29, 0.717) is 6.10 Å². The third-order valence-electron chi connectivity index (χ3n) is 3.41. The van der Waals surface area contributed by atoms with Gasteiger partial charge >= 0.3 is 0 Å². The molecular formula is C15H25N3O. The zero-order chi connectivity index (χ0) is 13.5. The normalized spacial score (nSPS) is 20.4. The monoisotopic (exact) mass is 263 g/mol. The molecule has 1 N–H and O–H groups in total. The van der Waals surface area contributed by atoms with E-state index in [2.05, 4.69) is 41.2 Å². The number of piperidine rings is 1. The SMILES string of the molecule is CCNc1cccc(CN2CCCC(OCC)C2)n1. The highest BCUT2D eigenvalue weighted by Crippen LogP contribution is 2.16. The zero-order valence-electron chi connectivity index (χ0n) is 12.1. The largest absolute Gasteiger partial charge is 0.377 e. The lowest BCUT2D eigenvalue weighted by Crippen LogP contribution is -2.39. The van der Waals surface area contributed by atoms with Crippen LogP contribution in [0.1, 0.15) is 32.4 Å². The molecule has 1 aliphatic rings. The lowest BCUT2D eigenvalue weighted by Gasteiger charge is -2.32. The molecule has 2 rings (SSSR count). The fraction of sp³-hybridized carbons (Fsp3) is 0.667. The van der Waals surface area contributed by atoms with Gasteiger partial charge in [0, 0.05) is 26.2 Å². The van der Waals surface area contributed by atoms with Crippen molar-refractivity contribution in [3.63, 3.8) is 0 Å². The summed E-state index contributed by atoms with van der Waals surface area (Å²) in [6, 6.07) is 6.20. The predicted molar refractivity (Wildman–Crippen MR) is 78.3 cm³/mol. The molecule has 1 atom stereocenters. The molecule has 0 spiro atoms. The molecule has 2 heterocycles. The number of hydrogen-bond acceptors (Lipinski definition) is 4. The summed E-state index contributed by atoms with van der Waals surface area (Å²) in [6.45, 7) is 8.98. The third-order valence-corrected chi connectivity index (χ3v) is 3.41. The van der Waals surface area contributed by atoms with Crippen LogP contribution in [0, 0.1) is 0 Å². The van der Waals surface area contributed by atoms with Crippen molar-refractivity contribution >= 4 is 5.82 Å². The summed E-state index contributed by atoms with van der Waals surface area (Å²) in [5.41, 5.74) is 1.13. The first kappa shape index (κ1) is 14.3. The first-order chi connectivity index (χ1) is 9.31. The van der Waals surface area contributed by atoms with Gasteiger partial charge in [-0.05, 0) is 45.4 Å².